The second-order valence-electron chi connectivity index (χ2n) is 3.87. The van der Waals surface area contributed by atoms with Crippen molar-refractivity contribution in [3.63, 3.8) is 0 Å². The second-order valence-corrected chi connectivity index (χ2v) is 4.27. The molecule has 0 aliphatic carbocycles. The third-order valence-corrected chi connectivity index (χ3v) is 3.08. The maximum Gasteiger partial charge on any atom is 0.164 e. The number of para-hydroxylation sites is 1. The topological polar surface area (TPSA) is 56.7 Å². The fraction of sp³-hybridized carbons (Fsp3) is 0.0769. The van der Waals surface area contributed by atoms with Crippen molar-refractivity contribution < 1.29 is 0 Å². The molecule has 0 saturated carbocycles. The summed E-state index contributed by atoms with van der Waals surface area (Å²) in [6, 6.07) is 11.3. The monoisotopic (exact) mass is 258 g/mol. The second kappa shape index (κ2) is 4.40. The Balaban J connectivity index is 2.37. The van der Waals surface area contributed by atoms with Crippen molar-refractivity contribution in [1.82, 2.24) is 14.5 Å². The Morgan fingerprint density at radius 3 is 2.78 bits per heavy atom. The van der Waals surface area contributed by atoms with Crippen molar-refractivity contribution in [1.29, 1.82) is 0 Å². The molecule has 0 atom stereocenters. The Morgan fingerprint density at radius 2 is 2.00 bits per heavy atom. The number of rotatable bonds is 2. The van der Waals surface area contributed by atoms with E-state index in [2.05, 4.69) is 9.97 Å². The highest BCUT2D eigenvalue weighted by Crippen LogP contribution is 2.25. The normalized spacial score (nSPS) is 11.0. The SMILES string of the molecule is NCc1nc2cccnc2n1-c1ccccc1Cl. The molecule has 0 radical (unpaired) electrons. The summed E-state index contributed by atoms with van der Waals surface area (Å²) < 4.78 is 1.90. The number of aromatic nitrogens is 3. The van der Waals surface area contributed by atoms with E-state index in [-0.39, 0.29) is 0 Å². The third-order valence-electron chi connectivity index (χ3n) is 2.76. The average Bonchev–Trinajstić information content (AvgIpc) is 2.78. The summed E-state index contributed by atoms with van der Waals surface area (Å²) in [6.45, 7) is 0.335. The Bertz CT molecular complexity index is 705. The molecule has 2 N–H and O–H groups in total. The summed E-state index contributed by atoms with van der Waals surface area (Å²) in [7, 11) is 0. The summed E-state index contributed by atoms with van der Waals surface area (Å²) in [4.78, 5) is 8.82. The van der Waals surface area contributed by atoms with Crippen LogP contribution in [0, 0.1) is 0 Å². The number of fused-ring (bicyclic) bond motifs is 1. The molecule has 0 saturated heterocycles. The number of halogens is 1. The van der Waals surface area contributed by atoms with Gasteiger partial charge in [0, 0.05) is 6.20 Å². The van der Waals surface area contributed by atoms with E-state index in [9.17, 15) is 0 Å². The molecule has 0 aliphatic rings. The molecule has 3 rings (SSSR count). The highest BCUT2D eigenvalue weighted by Gasteiger charge is 2.13. The maximum atomic E-state index is 6.23. The van der Waals surface area contributed by atoms with E-state index in [4.69, 9.17) is 17.3 Å². The molecule has 5 heteroatoms. The standard InChI is InChI=1S/C13H11ClN4/c14-9-4-1-2-6-11(9)18-12(8-15)17-10-5-3-7-16-13(10)18/h1-7H,8,15H2. The fourth-order valence-electron chi connectivity index (χ4n) is 1.98. The minimum absolute atomic E-state index is 0.335. The van der Waals surface area contributed by atoms with Crippen LogP contribution in [0.4, 0.5) is 0 Å². The van der Waals surface area contributed by atoms with Gasteiger partial charge in [-0.1, -0.05) is 23.7 Å². The van der Waals surface area contributed by atoms with E-state index in [1.165, 1.54) is 0 Å². The largest absolute Gasteiger partial charge is 0.324 e. The van der Waals surface area contributed by atoms with Crippen molar-refractivity contribution in [3.05, 3.63) is 53.4 Å². The molecule has 0 amide bonds. The Kier molecular flexibility index (Phi) is 2.74. The Labute approximate surface area is 109 Å². The van der Waals surface area contributed by atoms with Crippen molar-refractivity contribution in [3.8, 4) is 5.69 Å². The minimum atomic E-state index is 0.335. The molecular weight excluding hydrogens is 248 g/mol. The van der Waals surface area contributed by atoms with Crippen LogP contribution in [0.5, 0.6) is 0 Å². The molecule has 4 nitrogen and oxygen atoms in total. The number of hydrogen-bond acceptors (Lipinski definition) is 3. The van der Waals surface area contributed by atoms with Gasteiger partial charge in [-0.2, -0.15) is 0 Å². The maximum absolute atomic E-state index is 6.23. The van der Waals surface area contributed by atoms with Gasteiger partial charge in [0.05, 0.1) is 17.3 Å². The van der Waals surface area contributed by atoms with Gasteiger partial charge in [-0.15, -0.1) is 0 Å². The van der Waals surface area contributed by atoms with Gasteiger partial charge in [0.25, 0.3) is 0 Å². The molecule has 0 fully saturated rings. The molecular formula is C13H11ClN4. The number of pyridine rings is 1. The van der Waals surface area contributed by atoms with Crippen molar-refractivity contribution in [2.75, 3.05) is 0 Å². The molecule has 18 heavy (non-hydrogen) atoms. The van der Waals surface area contributed by atoms with Gasteiger partial charge in [-0.05, 0) is 24.3 Å². The van der Waals surface area contributed by atoms with Crippen LogP contribution in [0.1, 0.15) is 5.82 Å². The molecule has 2 aromatic heterocycles. The van der Waals surface area contributed by atoms with Crippen LogP contribution in [-0.4, -0.2) is 14.5 Å². The van der Waals surface area contributed by atoms with Gasteiger partial charge in [0.15, 0.2) is 5.65 Å². The predicted molar refractivity (Wildman–Crippen MR) is 71.8 cm³/mol. The lowest BCUT2D eigenvalue weighted by atomic mass is 10.3. The first-order valence-electron chi connectivity index (χ1n) is 5.58. The van der Waals surface area contributed by atoms with Crippen LogP contribution in [0.3, 0.4) is 0 Å². The van der Waals surface area contributed by atoms with Gasteiger partial charge in [-0.3, -0.25) is 4.57 Å². The molecule has 0 spiro atoms. The molecule has 0 bridgehead atoms. The lowest BCUT2D eigenvalue weighted by Crippen LogP contribution is -2.07. The molecule has 1 aromatic carbocycles. The molecule has 90 valence electrons. The summed E-state index contributed by atoms with van der Waals surface area (Å²) >= 11 is 6.23. The average molecular weight is 259 g/mol. The first-order valence-corrected chi connectivity index (χ1v) is 5.96. The van der Waals surface area contributed by atoms with E-state index in [1.807, 2.05) is 41.0 Å². The molecule has 0 unspecified atom stereocenters. The molecule has 2 heterocycles. The number of hydrogen-bond donors (Lipinski definition) is 1. The van der Waals surface area contributed by atoms with E-state index < -0.39 is 0 Å². The van der Waals surface area contributed by atoms with Crippen LogP contribution in [0.15, 0.2) is 42.6 Å². The molecule has 3 aromatic rings. The molecule has 0 aliphatic heterocycles. The van der Waals surface area contributed by atoms with Crippen LogP contribution in [-0.2, 0) is 6.54 Å². The quantitative estimate of drug-likeness (QED) is 0.768. The van der Waals surface area contributed by atoms with Crippen molar-refractivity contribution in [2.24, 2.45) is 5.73 Å². The van der Waals surface area contributed by atoms with E-state index >= 15 is 0 Å². The van der Waals surface area contributed by atoms with Crippen LogP contribution in [0.2, 0.25) is 5.02 Å². The highest BCUT2D eigenvalue weighted by molar-refractivity contribution is 6.32. The number of benzene rings is 1. The smallest absolute Gasteiger partial charge is 0.164 e. The van der Waals surface area contributed by atoms with Gasteiger partial charge in [0.2, 0.25) is 0 Å². The summed E-state index contributed by atoms with van der Waals surface area (Å²) in [5.41, 5.74) is 8.18. The summed E-state index contributed by atoms with van der Waals surface area (Å²) in [5.74, 6) is 0.747. The van der Waals surface area contributed by atoms with Gasteiger partial charge >= 0.3 is 0 Å². The van der Waals surface area contributed by atoms with E-state index in [1.54, 1.807) is 6.20 Å². The third kappa shape index (κ3) is 1.66. The predicted octanol–water partition coefficient (Wildman–Crippen LogP) is 2.53. The van der Waals surface area contributed by atoms with Crippen molar-refractivity contribution >= 4 is 22.8 Å². The van der Waals surface area contributed by atoms with Gasteiger partial charge in [-0.25, -0.2) is 9.97 Å². The van der Waals surface area contributed by atoms with Crippen LogP contribution < -0.4 is 5.73 Å². The zero-order valence-corrected chi connectivity index (χ0v) is 10.3. The summed E-state index contributed by atoms with van der Waals surface area (Å²) in [6.07, 6.45) is 1.73. The Hall–Kier alpha value is -1.91. The van der Waals surface area contributed by atoms with Crippen molar-refractivity contribution in [2.45, 2.75) is 6.54 Å². The van der Waals surface area contributed by atoms with Gasteiger partial charge < -0.3 is 5.73 Å². The summed E-state index contributed by atoms with van der Waals surface area (Å²) in [5, 5.41) is 0.650. The number of nitrogens with zero attached hydrogens (tertiary/aromatic N) is 3. The van der Waals surface area contributed by atoms with Gasteiger partial charge in [0.1, 0.15) is 11.3 Å². The zero-order valence-electron chi connectivity index (χ0n) is 9.55. The van der Waals surface area contributed by atoms with E-state index in [0.717, 1.165) is 22.7 Å². The van der Waals surface area contributed by atoms with Crippen LogP contribution in [0.25, 0.3) is 16.9 Å². The lowest BCUT2D eigenvalue weighted by molar-refractivity contribution is 0.877. The first-order chi connectivity index (χ1) is 8.81. The number of nitrogens with two attached hydrogens (primary N) is 1. The highest BCUT2D eigenvalue weighted by atomic mass is 35.5. The lowest BCUT2D eigenvalue weighted by Gasteiger charge is -2.08. The van der Waals surface area contributed by atoms with Crippen LogP contribution >= 0.6 is 11.6 Å². The first kappa shape index (κ1) is 11.2. The minimum Gasteiger partial charge on any atom is -0.324 e. The Morgan fingerprint density at radius 1 is 1.17 bits per heavy atom. The fourth-order valence-corrected chi connectivity index (χ4v) is 2.20. The van der Waals surface area contributed by atoms with E-state index in [0.29, 0.717) is 11.6 Å². The number of imidazole rings is 1. The zero-order chi connectivity index (χ0) is 12.5.